The molecule has 0 aromatic rings. The van der Waals surface area contributed by atoms with Crippen LogP contribution in [-0.4, -0.2) is 23.5 Å². The number of rotatable bonds is 4. The van der Waals surface area contributed by atoms with Crippen molar-refractivity contribution in [2.75, 3.05) is 6.26 Å². The van der Waals surface area contributed by atoms with Crippen LogP contribution in [0.2, 0.25) is 0 Å². The van der Waals surface area contributed by atoms with Gasteiger partial charge in [0.1, 0.15) is 5.41 Å². The predicted octanol–water partition coefficient (Wildman–Crippen LogP) is 2.72. The van der Waals surface area contributed by atoms with E-state index >= 15 is 0 Å². The first-order valence-electron chi connectivity index (χ1n) is 6.30. The summed E-state index contributed by atoms with van der Waals surface area (Å²) < 4.78 is 0. The van der Waals surface area contributed by atoms with Crippen LogP contribution < -0.4 is 5.32 Å². The van der Waals surface area contributed by atoms with Gasteiger partial charge in [-0.1, -0.05) is 6.92 Å². The van der Waals surface area contributed by atoms with Crippen molar-refractivity contribution < 1.29 is 4.79 Å². The Balaban J connectivity index is 2.46. The molecule has 0 aromatic heterocycles. The van der Waals surface area contributed by atoms with E-state index < -0.39 is 5.41 Å². The first-order valence-corrected chi connectivity index (χ1v) is 7.59. The number of thioether (sulfide) groups is 1. The van der Waals surface area contributed by atoms with Gasteiger partial charge in [0.15, 0.2) is 0 Å². The molecule has 1 saturated carbocycles. The summed E-state index contributed by atoms with van der Waals surface area (Å²) >= 11 is 1.92. The zero-order valence-corrected chi connectivity index (χ0v) is 11.8. The lowest BCUT2D eigenvalue weighted by atomic mass is 9.87. The molecule has 1 rings (SSSR count). The smallest absolute Gasteiger partial charge is 0.240 e. The zero-order valence-electron chi connectivity index (χ0n) is 11.0. The van der Waals surface area contributed by atoms with E-state index in [1.165, 1.54) is 12.8 Å². The molecule has 1 N–H and O–H groups in total. The minimum Gasteiger partial charge on any atom is -0.352 e. The van der Waals surface area contributed by atoms with E-state index in [0.29, 0.717) is 6.42 Å². The monoisotopic (exact) mass is 254 g/mol. The van der Waals surface area contributed by atoms with Crippen molar-refractivity contribution in [2.45, 2.75) is 57.2 Å². The molecular formula is C13H22N2OS. The van der Waals surface area contributed by atoms with Crippen molar-refractivity contribution in [3.8, 4) is 6.07 Å². The molecule has 0 bridgehead atoms. The fourth-order valence-electron chi connectivity index (χ4n) is 2.08. The first kappa shape index (κ1) is 14.4. The van der Waals surface area contributed by atoms with Crippen LogP contribution >= 0.6 is 11.8 Å². The lowest BCUT2D eigenvalue weighted by Crippen LogP contribution is -2.45. The molecule has 4 heteroatoms. The molecule has 0 heterocycles. The van der Waals surface area contributed by atoms with Gasteiger partial charge in [0, 0.05) is 11.3 Å². The Labute approximate surface area is 108 Å². The van der Waals surface area contributed by atoms with Crippen molar-refractivity contribution in [1.82, 2.24) is 5.32 Å². The van der Waals surface area contributed by atoms with Crippen LogP contribution in [0.3, 0.4) is 0 Å². The summed E-state index contributed by atoms with van der Waals surface area (Å²) in [6, 6.07) is 2.39. The van der Waals surface area contributed by atoms with Crippen LogP contribution in [0.5, 0.6) is 0 Å². The molecular weight excluding hydrogens is 232 g/mol. The van der Waals surface area contributed by atoms with Crippen molar-refractivity contribution in [3.05, 3.63) is 0 Å². The molecule has 1 amide bonds. The van der Waals surface area contributed by atoms with Gasteiger partial charge < -0.3 is 5.32 Å². The van der Waals surface area contributed by atoms with Crippen molar-refractivity contribution >= 4 is 17.7 Å². The topological polar surface area (TPSA) is 52.9 Å². The highest BCUT2D eigenvalue weighted by Gasteiger charge is 2.33. The van der Waals surface area contributed by atoms with Crippen LogP contribution in [0.15, 0.2) is 0 Å². The second-order valence-corrected chi connectivity index (χ2v) is 6.12. The molecule has 1 fully saturated rings. The number of nitrogens with one attached hydrogen (secondary N) is 1. The van der Waals surface area contributed by atoms with Crippen LogP contribution in [0.4, 0.5) is 0 Å². The molecule has 0 radical (unpaired) electrons. The van der Waals surface area contributed by atoms with E-state index in [-0.39, 0.29) is 11.9 Å². The number of hydrogen-bond acceptors (Lipinski definition) is 3. The lowest BCUT2D eigenvalue weighted by Gasteiger charge is -2.30. The Bertz CT molecular complexity index is 305. The molecule has 1 aliphatic carbocycles. The number of carbonyl (C=O) groups is 1. The van der Waals surface area contributed by atoms with Crippen LogP contribution in [0, 0.1) is 16.7 Å². The molecule has 1 aliphatic rings. The maximum atomic E-state index is 12.0. The van der Waals surface area contributed by atoms with E-state index in [4.69, 9.17) is 5.26 Å². The third-order valence-corrected chi connectivity index (χ3v) is 4.94. The van der Waals surface area contributed by atoms with E-state index in [1.807, 2.05) is 18.7 Å². The van der Waals surface area contributed by atoms with E-state index in [1.54, 1.807) is 6.92 Å². The van der Waals surface area contributed by atoms with Gasteiger partial charge in [-0.15, -0.1) is 0 Å². The maximum absolute atomic E-state index is 12.0. The van der Waals surface area contributed by atoms with Gasteiger partial charge in [0.2, 0.25) is 5.91 Å². The Morgan fingerprint density at radius 1 is 1.47 bits per heavy atom. The van der Waals surface area contributed by atoms with Crippen LogP contribution in [0.25, 0.3) is 0 Å². The zero-order chi connectivity index (χ0) is 12.9. The van der Waals surface area contributed by atoms with Gasteiger partial charge in [0.05, 0.1) is 6.07 Å². The minimum absolute atomic E-state index is 0.102. The van der Waals surface area contributed by atoms with Gasteiger partial charge >= 0.3 is 0 Å². The molecule has 1 atom stereocenters. The third kappa shape index (κ3) is 3.64. The molecule has 0 aliphatic heterocycles. The highest BCUT2D eigenvalue weighted by molar-refractivity contribution is 7.99. The second kappa shape index (κ2) is 6.30. The van der Waals surface area contributed by atoms with Crippen molar-refractivity contribution in [3.63, 3.8) is 0 Å². The fourth-order valence-corrected chi connectivity index (χ4v) is 2.82. The van der Waals surface area contributed by atoms with Crippen LogP contribution in [0.1, 0.15) is 46.0 Å². The summed E-state index contributed by atoms with van der Waals surface area (Å²) in [7, 11) is 0. The standard InChI is InChI=1S/C13H22N2OS/c1-4-13(2,9-14)12(16)15-10-5-7-11(17-3)8-6-10/h10-11H,4-8H2,1-3H3,(H,15,16). The van der Waals surface area contributed by atoms with Crippen molar-refractivity contribution in [2.24, 2.45) is 5.41 Å². The molecule has 0 saturated heterocycles. The largest absolute Gasteiger partial charge is 0.352 e. The Kier molecular flexibility index (Phi) is 5.32. The third-order valence-electron chi connectivity index (χ3n) is 3.80. The van der Waals surface area contributed by atoms with E-state index in [0.717, 1.165) is 18.1 Å². The molecule has 0 aromatic carbocycles. The number of hydrogen-bond donors (Lipinski definition) is 1. The highest BCUT2D eigenvalue weighted by Crippen LogP contribution is 2.28. The first-order chi connectivity index (χ1) is 8.05. The fraction of sp³-hybridized carbons (Fsp3) is 0.846. The summed E-state index contributed by atoms with van der Waals surface area (Å²) in [5.41, 5.74) is -0.865. The summed E-state index contributed by atoms with van der Waals surface area (Å²) in [6.07, 6.45) is 7.14. The predicted molar refractivity (Wildman–Crippen MR) is 71.7 cm³/mol. The average molecular weight is 254 g/mol. The minimum atomic E-state index is -0.865. The van der Waals surface area contributed by atoms with Crippen LogP contribution in [-0.2, 0) is 4.79 Å². The highest BCUT2D eigenvalue weighted by atomic mass is 32.2. The van der Waals surface area contributed by atoms with E-state index in [2.05, 4.69) is 17.6 Å². The lowest BCUT2D eigenvalue weighted by molar-refractivity contribution is -0.128. The number of nitrogens with zero attached hydrogens (tertiary/aromatic N) is 1. The quantitative estimate of drug-likeness (QED) is 0.839. The molecule has 3 nitrogen and oxygen atoms in total. The normalized spacial score (nSPS) is 27.9. The number of carbonyl (C=O) groups excluding carboxylic acids is 1. The SMILES string of the molecule is CCC(C)(C#N)C(=O)NC1CCC(SC)CC1. The maximum Gasteiger partial charge on any atom is 0.240 e. The van der Waals surface area contributed by atoms with Gasteiger partial charge in [-0.25, -0.2) is 0 Å². The van der Waals surface area contributed by atoms with E-state index in [9.17, 15) is 4.79 Å². The Hall–Kier alpha value is -0.690. The summed E-state index contributed by atoms with van der Waals surface area (Å²) in [5, 5.41) is 12.8. The van der Waals surface area contributed by atoms with Gasteiger partial charge in [-0.3, -0.25) is 4.79 Å². The van der Waals surface area contributed by atoms with Gasteiger partial charge in [-0.2, -0.15) is 17.0 Å². The number of amides is 1. The molecule has 0 spiro atoms. The summed E-state index contributed by atoms with van der Waals surface area (Å²) in [5.74, 6) is -0.102. The average Bonchev–Trinajstić information content (AvgIpc) is 2.38. The Morgan fingerprint density at radius 3 is 2.47 bits per heavy atom. The number of nitriles is 1. The molecule has 17 heavy (non-hydrogen) atoms. The molecule has 1 unspecified atom stereocenters. The second-order valence-electron chi connectivity index (χ2n) is 4.98. The van der Waals surface area contributed by atoms with Gasteiger partial charge in [0.25, 0.3) is 0 Å². The Morgan fingerprint density at radius 2 is 2.06 bits per heavy atom. The summed E-state index contributed by atoms with van der Waals surface area (Å²) in [4.78, 5) is 12.0. The summed E-state index contributed by atoms with van der Waals surface area (Å²) in [6.45, 7) is 3.60. The van der Waals surface area contributed by atoms with Crippen molar-refractivity contribution in [1.29, 1.82) is 5.26 Å². The molecule has 96 valence electrons. The van der Waals surface area contributed by atoms with Gasteiger partial charge in [-0.05, 0) is 45.3 Å².